The molecule has 0 amide bonds. The maximum atomic E-state index is 6.12. The number of halogens is 1. The molecule has 1 aliphatic rings. The van der Waals surface area contributed by atoms with Crippen LogP contribution in [0.3, 0.4) is 0 Å². The first-order valence-corrected chi connectivity index (χ1v) is 6.62. The van der Waals surface area contributed by atoms with Crippen molar-refractivity contribution in [2.75, 3.05) is 12.4 Å². The fourth-order valence-corrected chi connectivity index (χ4v) is 2.54. The van der Waals surface area contributed by atoms with E-state index in [2.05, 4.69) is 17.4 Å². The number of ether oxygens (including phenoxy) is 1. The standard InChI is InChI=1S/C14H20ClNO/c1-10-3-4-12(9-14(10)15)16-11-5-7-13(17-2)8-6-11/h3-4,9,11,13,16H,5-8H2,1-2H3. The van der Waals surface area contributed by atoms with Gasteiger partial charge in [0, 0.05) is 23.9 Å². The van der Waals surface area contributed by atoms with Crippen molar-refractivity contribution >= 4 is 17.3 Å². The lowest BCUT2D eigenvalue weighted by Gasteiger charge is -2.29. The Morgan fingerprint density at radius 2 is 1.94 bits per heavy atom. The molecule has 1 aromatic carbocycles. The molecule has 17 heavy (non-hydrogen) atoms. The summed E-state index contributed by atoms with van der Waals surface area (Å²) in [4.78, 5) is 0. The number of hydrogen-bond acceptors (Lipinski definition) is 2. The third kappa shape index (κ3) is 3.36. The lowest BCUT2D eigenvalue weighted by Crippen LogP contribution is -2.29. The molecule has 0 saturated heterocycles. The molecule has 0 heterocycles. The number of methoxy groups -OCH3 is 1. The van der Waals surface area contributed by atoms with Crippen LogP contribution in [0.5, 0.6) is 0 Å². The van der Waals surface area contributed by atoms with E-state index in [4.69, 9.17) is 16.3 Å². The van der Waals surface area contributed by atoms with Crippen LogP contribution in [0, 0.1) is 6.92 Å². The van der Waals surface area contributed by atoms with Crippen molar-refractivity contribution in [1.82, 2.24) is 0 Å². The first-order chi connectivity index (χ1) is 8.19. The fraction of sp³-hybridized carbons (Fsp3) is 0.571. The second-order valence-corrected chi connectivity index (χ2v) is 5.22. The number of hydrogen-bond donors (Lipinski definition) is 1. The largest absolute Gasteiger partial charge is 0.382 e. The Kier molecular flexibility index (Phi) is 4.30. The van der Waals surface area contributed by atoms with Crippen LogP contribution in [-0.2, 0) is 4.74 Å². The van der Waals surface area contributed by atoms with E-state index in [0.717, 1.165) is 29.1 Å². The molecule has 0 radical (unpaired) electrons. The van der Waals surface area contributed by atoms with Crippen LogP contribution >= 0.6 is 11.6 Å². The zero-order chi connectivity index (χ0) is 12.3. The van der Waals surface area contributed by atoms with Gasteiger partial charge in [0.15, 0.2) is 0 Å². The predicted octanol–water partition coefficient (Wildman–Crippen LogP) is 4.02. The molecule has 0 bridgehead atoms. The number of aryl methyl sites for hydroxylation is 1. The van der Waals surface area contributed by atoms with Gasteiger partial charge in [-0.1, -0.05) is 17.7 Å². The highest BCUT2D eigenvalue weighted by Gasteiger charge is 2.20. The average molecular weight is 254 g/mol. The summed E-state index contributed by atoms with van der Waals surface area (Å²) < 4.78 is 5.38. The first-order valence-electron chi connectivity index (χ1n) is 6.24. The van der Waals surface area contributed by atoms with Crippen molar-refractivity contribution < 1.29 is 4.74 Å². The highest BCUT2D eigenvalue weighted by atomic mass is 35.5. The van der Waals surface area contributed by atoms with Gasteiger partial charge in [0.25, 0.3) is 0 Å². The molecule has 0 spiro atoms. The van der Waals surface area contributed by atoms with Crippen LogP contribution in [0.4, 0.5) is 5.69 Å². The summed E-state index contributed by atoms with van der Waals surface area (Å²) in [6, 6.07) is 6.73. The van der Waals surface area contributed by atoms with Gasteiger partial charge in [0.05, 0.1) is 6.10 Å². The summed E-state index contributed by atoms with van der Waals surface area (Å²) >= 11 is 6.12. The molecule has 2 rings (SSSR count). The minimum absolute atomic E-state index is 0.453. The SMILES string of the molecule is COC1CCC(Nc2ccc(C)c(Cl)c2)CC1. The smallest absolute Gasteiger partial charge is 0.0572 e. The normalized spacial score (nSPS) is 24.6. The molecule has 1 N–H and O–H groups in total. The summed E-state index contributed by atoms with van der Waals surface area (Å²) in [5.74, 6) is 0. The van der Waals surface area contributed by atoms with Crippen molar-refractivity contribution in [2.24, 2.45) is 0 Å². The minimum atomic E-state index is 0.453. The molecule has 0 unspecified atom stereocenters. The van der Waals surface area contributed by atoms with Gasteiger partial charge in [-0.25, -0.2) is 0 Å². The molecule has 2 nitrogen and oxygen atoms in total. The average Bonchev–Trinajstić information content (AvgIpc) is 2.35. The number of nitrogens with one attached hydrogen (secondary N) is 1. The third-order valence-electron chi connectivity index (χ3n) is 3.55. The zero-order valence-corrected chi connectivity index (χ0v) is 11.3. The number of rotatable bonds is 3. The Hall–Kier alpha value is -0.730. The highest BCUT2D eigenvalue weighted by Crippen LogP contribution is 2.26. The molecule has 1 saturated carbocycles. The molecule has 0 aliphatic heterocycles. The van der Waals surface area contributed by atoms with E-state index in [1.807, 2.05) is 13.0 Å². The summed E-state index contributed by atoms with van der Waals surface area (Å²) in [6.07, 6.45) is 5.09. The summed E-state index contributed by atoms with van der Waals surface area (Å²) in [5.41, 5.74) is 2.25. The Labute approximate surface area is 108 Å². The van der Waals surface area contributed by atoms with E-state index in [1.165, 1.54) is 12.8 Å². The lowest BCUT2D eigenvalue weighted by atomic mass is 9.93. The van der Waals surface area contributed by atoms with Crippen molar-refractivity contribution in [2.45, 2.75) is 44.8 Å². The molecule has 1 fully saturated rings. The van der Waals surface area contributed by atoms with Crippen molar-refractivity contribution in [3.05, 3.63) is 28.8 Å². The van der Waals surface area contributed by atoms with E-state index in [1.54, 1.807) is 7.11 Å². The molecule has 94 valence electrons. The van der Waals surface area contributed by atoms with Crippen LogP contribution in [-0.4, -0.2) is 19.3 Å². The van der Waals surface area contributed by atoms with Crippen LogP contribution in [0.15, 0.2) is 18.2 Å². The zero-order valence-electron chi connectivity index (χ0n) is 10.5. The van der Waals surface area contributed by atoms with E-state index in [-0.39, 0.29) is 0 Å². The minimum Gasteiger partial charge on any atom is -0.382 e. The van der Waals surface area contributed by atoms with Gasteiger partial charge in [-0.2, -0.15) is 0 Å². The van der Waals surface area contributed by atoms with E-state index in [0.29, 0.717) is 12.1 Å². The fourth-order valence-electron chi connectivity index (χ4n) is 2.36. The van der Waals surface area contributed by atoms with Crippen molar-refractivity contribution in [3.8, 4) is 0 Å². The first kappa shape index (κ1) is 12.7. The number of anilines is 1. The van der Waals surface area contributed by atoms with Gasteiger partial charge in [-0.05, 0) is 50.3 Å². The van der Waals surface area contributed by atoms with Crippen molar-refractivity contribution in [1.29, 1.82) is 0 Å². The molecular formula is C14H20ClNO. The van der Waals surface area contributed by atoms with E-state index >= 15 is 0 Å². The van der Waals surface area contributed by atoms with Crippen LogP contribution < -0.4 is 5.32 Å². The summed E-state index contributed by atoms with van der Waals surface area (Å²) in [7, 11) is 1.80. The maximum absolute atomic E-state index is 6.12. The summed E-state index contributed by atoms with van der Waals surface area (Å²) in [5, 5.41) is 4.39. The van der Waals surface area contributed by atoms with E-state index < -0.39 is 0 Å². The van der Waals surface area contributed by atoms with E-state index in [9.17, 15) is 0 Å². The monoisotopic (exact) mass is 253 g/mol. The van der Waals surface area contributed by atoms with Gasteiger partial charge in [0.1, 0.15) is 0 Å². The van der Waals surface area contributed by atoms with Gasteiger partial charge in [-0.15, -0.1) is 0 Å². The summed E-state index contributed by atoms with van der Waals surface area (Å²) in [6.45, 7) is 2.02. The van der Waals surface area contributed by atoms with Gasteiger partial charge < -0.3 is 10.1 Å². The highest BCUT2D eigenvalue weighted by molar-refractivity contribution is 6.31. The van der Waals surface area contributed by atoms with Crippen molar-refractivity contribution in [3.63, 3.8) is 0 Å². The van der Waals surface area contributed by atoms with Crippen LogP contribution in [0.25, 0.3) is 0 Å². The quantitative estimate of drug-likeness (QED) is 0.879. The molecule has 1 aromatic rings. The molecule has 3 heteroatoms. The Bertz CT molecular complexity index is 372. The lowest BCUT2D eigenvalue weighted by molar-refractivity contribution is 0.0682. The second kappa shape index (κ2) is 5.74. The predicted molar refractivity (Wildman–Crippen MR) is 72.9 cm³/mol. The van der Waals surface area contributed by atoms with Gasteiger partial charge in [0.2, 0.25) is 0 Å². The van der Waals surface area contributed by atoms with Crippen LogP contribution in [0.1, 0.15) is 31.2 Å². The van der Waals surface area contributed by atoms with Crippen LogP contribution in [0.2, 0.25) is 5.02 Å². The molecule has 0 atom stereocenters. The Balaban J connectivity index is 1.91. The second-order valence-electron chi connectivity index (χ2n) is 4.82. The third-order valence-corrected chi connectivity index (χ3v) is 3.96. The molecule has 1 aliphatic carbocycles. The van der Waals surface area contributed by atoms with Gasteiger partial charge in [-0.3, -0.25) is 0 Å². The Morgan fingerprint density at radius 1 is 1.24 bits per heavy atom. The number of benzene rings is 1. The molecule has 0 aromatic heterocycles. The maximum Gasteiger partial charge on any atom is 0.0572 e. The molecular weight excluding hydrogens is 234 g/mol. The topological polar surface area (TPSA) is 21.3 Å². The van der Waals surface area contributed by atoms with Gasteiger partial charge >= 0.3 is 0 Å². The Morgan fingerprint density at radius 3 is 2.53 bits per heavy atom.